The van der Waals surface area contributed by atoms with Crippen LogP contribution in [0.2, 0.25) is 0 Å². The maximum absolute atomic E-state index is 13.8. The van der Waals surface area contributed by atoms with Crippen molar-refractivity contribution in [2.45, 2.75) is 71.3 Å². The number of aromatic nitrogens is 4. The van der Waals surface area contributed by atoms with Gasteiger partial charge in [-0.15, -0.1) is 0 Å². The average molecular weight is 831 g/mol. The topological polar surface area (TPSA) is 184 Å². The molecule has 2 saturated heterocycles. The number of alkyl halides is 2. The third kappa shape index (κ3) is 9.67. The number of hydrogen-bond donors (Lipinski definition) is 4. The smallest absolute Gasteiger partial charge is 0.407 e. The van der Waals surface area contributed by atoms with Crippen LogP contribution in [0.15, 0.2) is 73.1 Å². The number of alkyl carbamates (subject to hydrolysis) is 2. The van der Waals surface area contributed by atoms with Crippen LogP contribution >= 0.6 is 0 Å². The van der Waals surface area contributed by atoms with Gasteiger partial charge in [-0.3, -0.25) is 9.59 Å². The summed E-state index contributed by atoms with van der Waals surface area (Å²) in [6.07, 6.45) is 2.95. The molecule has 2 aliphatic rings. The lowest BCUT2D eigenvalue weighted by molar-refractivity contribution is -0.139. The van der Waals surface area contributed by atoms with Crippen molar-refractivity contribution in [3.63, 3.8) is 0 Å². The van der Waals surface area contributed by atoms with Crippen LogP contribution in [0.3, 0.4) is 0 Å². The fraction of sp³-hybridized carbons (Fsp3) is 0.442. The van der Waals surface area contributed by atoms with E-state index in [9.17, 15) is 28.0 Å². The summed E-state index contributed by atoms with van der Waals surface area (Å²) in [5.74, 6) is -0.330. The quantitative estimate of drug-likeness (QED) is 0.0988. The van der Waals surface area contributed by atoms with Gasteiger partial charge in [0.2, 0.25) is 11.8 Å². The predicted molar refractivity (Wildman–Crippen MR) is 218 cm³/mol. The number of imidazole rings is 2. The number of H-pyrrole nitrogens is 2. The number of amides is 4. The maximum Gasteiger partial charge on any atom is 0.407 e. The lowest BCUT2D eigenvalue weighted by atomic mass is 10.0. The molecule has 0 spiro atoms. The first-order chi connectivity index (χ1) is 28.7. The van der Waals surface area contributed by atoms with Crippen molar-refractivity contribution >= 4 is 24.0 Å². The molecule has 320 valence electrons. The summed E-state index contributed by atoms with van der Waals surface area (Å²) in [6, 6.07) is 13.2. The molecular formula is C43H52F2N8O7. The number of carbonyl (C=O) groups excluding carboxylic acids is 4. The summed E-state index contributed by atoms with van der Waals surface area (Å²) >= 11 is 0. The van der Waals surface area contributed by atoms with Crippen LogP contribution in [0, 0.1) is 17.8 Å². The van der Waals surface area contributed by atoms with E-state index in [0.717, 1.165) is 33.5 Å². The highest BCUT2D eigenvalue weighted by atomic mass is 19.3. The first kappa shape index (κ1) is 43.5. The molecule has 4 amide bonds. The molecule has 0 radical (unpaired) electrons. The summed E-state index contributed by atoms with van der Waals surface area (Å²) < 4.78 is 40.0. The number of rotatable bonds is 14. The summed E-state index contributed by atoms with van der Waals surface area (Å²) in [7, 11) is 2.48. The van der Waals surface area contributed by atoms with Gasteiger partial charge >= 0.3 is 18.8 Å². The number of likely N-dealkylation sites (tertiary alicyclic amines) is 2. The minimum absolute atomic E-state index is 0.153. The van der Waals surface area contributed by atoms with Crippen molar-refractivity contribution in [3.8, 4) is 33.6 Å². The van der Waals surface area contributed by atoms with Gasteiger partial charge in [0, 0.05) is 19.0 Å². The van der Waals surface area contributed by atoms with Gasteiger partial charge in [0.05, 0.1) is 50.6 Å². The van der Waals surface area contributed by atoms with E-state index in [0.29, 0.717) is 36.7 Å². The second-order valence-corrected chi connectivity index (χ2v) is 15.8. The number of halogens is 2. The number of aromatic amines is 2. The lowest BCUT2D eigenvalue weighted by Crippen LogP contribution is -2.51. The molecule has 15 nitrogen and oxygen atoms in total. The molecule has 17 heteroatoms. The monoisotopic (exact) mass is 830 g/mol. The van der Waals surface area contributed by atoms with Crippen LogP contribution in [0.5, 0.6) is 0 Å². The normalized spacial score (nSPS) is 18.9. The molecule has 2 fully saturated rings. The van der Waals surface area contributed by atoms with Crippen molar-refractivity contribution in [3.05, 3.63) is 84.7 Å². The van der Waals surface area contributed by atoms with Crippen molar-refractivity contribution in [1.82, 2.24) is 40.4 Å². The van der Waals surface area contributed by atoms with Gasteiger partial charge in [0.25, 0.3) is 0 Å². The third-order valence-corrected chi connectivity index (χ3v) is 11.1. The first-order valence-corrected chi connectivity index (χ1v) is 19.9. The Morgan fingerprint density at radius 2 is 1.23 bits per heavy atom. The average Bonchev–Trinajstić information content (AvgIpc) is 4.07. The SMILES string of the molecule is C=C1CCN(C(=O)[C@@H](NC(=O)OC)C(C)C)[C@@H]1c1ncc(-c2ccc(-c3ccc(-c4cnc([C@@H]5C[C@@H](COC(F)F)CN5C(=O)[C@@H](NC(=O)OC)C(C)C)[nH]4)cc3)cc2)[nH]1. The summed E-state index contributed by atoms with van der Waals surface area (Å²) in [5, 5.41) is 5.27. The van der Waals surface area contributed by atoms with E-state index < -0.39 is 43.0 Å². The molecule has 0 aliphatic carbocycles. The first-order valence-electron chi connectivity index (χ1n) is 19.9. The van der Waals surface area contributed by atoms with E-state index in [-0.39, 0.29) is 42.7 Å². The molecule has 4 N–H and O–H groups in total. The molecule has 5 atom stereocenters. The van der Waals surface area contributed by atoms with Crippen molar-refractivity contribution in [2.75, 3.05) is 33.9 Å². The third-order valence-electron chi connectivity index (χ3n) is 11.1. The molecule has 0 unspecified atom stereocenters. The second kappa shape index (κ2) is 18.9. The molecule has 6 rings (SSSR count). The van der Waals surface area contributed by atoms with Crippen molar-refractivity contribution in [1.29, 1.82) is 0 Å². The van der Waals surface area contributed by atoms with Gasteiger partial charge in [0.1, 0.15) is 29.8 Å². The highest BCUT2D eigenvalue weighted by Crippen LogP contribution is 2.38. The second-order valence-electron chi connectivity index (χ2n) is 15.8. The van der Waals surface area contributed by atoms with E-state index in [2.05, 4.69) is 41.9 Å². The fourth-order valence-electron chi connectivity index (χ4n) is 7.80. The molecule has 0 saturated carbocycles. The van der Waals surface area contributed by atoms with Crippen molar-refractivity contribution in [2.24, 2.45) is 17.8 Å². The number of benzene rings is 2. The molecular weight excluding hydrogens is 779 g/mol. The lowest BCUT2D eigenvalue weighted by Gasteiger charge is -2.30. The highest BCUT2D eigenvalue weighted by Gasteiger charge is 2.42. The molecule has 0 bridgehead atoms. The van der Waals surface area contributed by atoms with E-state index in [1.165, 1.54) is 14.2 Å². The van der Waals surface area contributed by atoms with E-state index in [1.807, 2.05) is 62.4 Å². The molecule has 2 aromatic carbocycles. The Balaban J connectivity index is 1.15. The van der Waals surface area contributed by atoms with Crippen LogP contribution in [0.25, 0.3) is 33.6 Å². The number of carbonyl (C=O) groups is 4. The maximum atomic E-state index is 13.8. The number of ether oxygens (including phenoxy) is 3. The van der Waals surface area contributed by atoms with E-state index in [4.69, 9.17) is 9.47 Å². The van der Waals surface area contributed by atoms with Crippen LogP contribution in [-0.2, 0) is 23.8 Å². The Morgan fingerprint density at radius 3 is 1.72 bits per heavy atom. The number of hydrogen-bond acceptors (Lipinski definition) is 9. The van der Waals surface area contributed by atoms with Crippen LogP contribution in [0.1, 0.15) is 64.3 Å². The van der Waals surface area contributed by atoms with Crippen LogP contribution in [0.4, 0.5) is 18.4 Å². The highest BCUT2D eigenvalue weighted by molar-refractivity contribution is 5.87. The molecule has 60 heavy (non-hydrogen) atoms. The summed E-state index contributed by atoms with van der Waals surface area (Å²) in [6.45, 7) is 8.98. The van der Waals surface area contributed by atoms with Gasteiger partial charge in [0.15, 0.2) is 0 Å². The largest absolute Gasteiger partial charge is 0.453 e. The zero-order chi connectivity index (χ0) is 43.2. The Kier molecular flexibility index (Phi) is 13.7. The predicted octanol–water partition coefficient (Wildman–Crippen LogP) is 6.85. The van der Waals surface area contributed by atoms with Crippen LogP contribution in [-0.4, -0.2) is 106 Å². The minimum Gasteiger partial charge on any atom is -0.453 e. The fourth-order valence-corrected chi connectivity index (χ4v) is 7.80. The van der Waals surface area contributed by atoms with E-state index in [1.54, 1.807) is 36.0 Å². The molecule has 4 aromatic rings. The Bertz CT molecular complexity index is 2150. The van der Waals surface area contributed by atoms with Crippen molar-refractivity contribution < 1.29 is 42.2 Å². The molecule has 2 aromatic heterocycles. The van der Waals surface area contributed by atoms with Crippen LogP contribution < -0.4 is 10.6 Å². The van der Waals surface area contributed by atoms with Gasteiger partial charge in [-0.1, -0.05) is 82.8 Å². The minimum atomic E-state index is -2.93. The van der Waals surface area contributed by atoms with Gasteiger partial charge in [-0.25, -0.2) is 19.6 Å². The number of nitrogens with one attached hydrogen (secondary N) is 4. The standard InChI is InChI=1S/C43H52F2N8O7/c1-23(2)34(50-42(56)58-6)39(54)52-17-16-25(5)36(52)38-47-20-32(49-38)30-14-10-28(11-15-30)27-8-12-29(13-9-27)31-19-46-37(48-31)33-18-26(22-60-41(44)45)21-53(33)40(55)35(24(3)4)51-43(57)59-7/h8-15,19-20,23-24,26,33-36,41H,5,16-18,21-22H2,1-4,6-7H3,(H,46,48)(H,47,49)(H,50,56)(H,51,57)/t26-,33+,34+,35+,36+/m1/s1. The summed E-state index contributed by atoms with van der Waals surface area (Å²) in [4.78, 5) is 70.8. The number of nitrogens with zero attached hydrogens (tertiary/aromatic N) is 4. The number of methoxy groups -OCH3 is 2. The summed E-state index contributed by atoms with van der Waals surface area (Å²) in [5.41, 5.74) is 6.03. The Labute approximate surface area is 347 Å². The van der Waals surface area contributed by atoms with Gasteiger partial charge < -0.3 is 44.6 Å². The van der Waals surface area contributed by atoms with Gasteiger partial charge in [-0.05, 0) is 52.5 Å². The molecule has 4 heterocycles. The Hall–Kier alpha value is -6.10. The van der Waals surface area contributed by atoms with E-state index >= 15 is 0 Å². The van der Waals surface area contributed by atoms with Gasteiger partial charge in [-0.2, -0.15) is 8.78 Å². The molecule has 2 aliphatic heterocycles. The zero-order valence-corrected chi connectivity index (χ0v) is 34.5. The Morgan fingerprint density at radius 1 is 0.767 bits per heavy atom. The zero-order valence-electron chi connectivity index (χ0n) is 34.5.